The van der Waals surface area contributed by atoms with Crippen molar-refractivity contribution in [3.05, 3.63) is 71.1 Å². The summed E-state index contributed by atoms with van der Waals surface area (Å²) in [5.41, 5.74) is 3.47. The van der Waals surface area contributed by atoms with Crippen LogP contribution in [0.5, 0.6) is 0 Å². The van der Waals surface area contributed by atoms with E-state index >= 15 is 0 Å². The maximum absolute atomic E-state index is 13.1. The molecule has 2 heterocycles. The number of nitrogens with one attached hydrogen (secondary N) is 1. The highest BCUT2D eigenvalue weighted by molar-refractivity contribution is 7.18. The van der Waals surface area contributed by atoms with E-state index in [0.717, 1.165) is 29.2 Å². The summed E-state index contributed by atoms with van der Waals surface area (Å²) in [5.74, 6) is -0.147. The van der Waals surface area contributed by atoms with Crippen LogP contribution in [0.25, 0.3) is 11.1 Å². The van der Waals surface area contributed by atoms with E-state index in [1.54, 1.807) is 24.3 Å². The number of benzene rings is 2. The largest absolute Gasteiger partial charge is 0.378 e. The van der Waals surface area contributed by atoms with E-state index in [9.17, 15) is 9.59 Å². The lowest BCUT2D eigenvalue weighted by molar-refractivity contribution is -0.114. The SMILES string of the molecule is CC(=O)Nc1ccc(C(=O)c2cc(-c3ccccc3)c(N3CCOCC3)s2)cc1. The predicted molar refractivity (Wildman–Crippen MR) is 117 cm³/mol. The summed E-state index contributed by atoms with van der Waals surface area (Å²) in [7, 11) is 0. The van der Waals surface area contributed by atoms with Crippen LogP contribution in [0.2, 0.25) is 0 Å². The van der Waals surface area contributed by atoms with Crippen LogP contribution in [0, 0.1) is 0 Å². The summed E-state index contributed by atoms with van der Waals surface area (Å²) in [6, 6.07) is 19.2. The standard InChI is InChI=1S/C23H22N2O3S/c1-16(26)24-19-9-7-18(8-10-19)22(27)21-15-20(17-5-3-2-4-6-17)23(29-21)25-11-13-28-14-12-25/h2-10,15H,11-14H2,1H3,(H,24,26). The first-order valence-corrected chi connectivity index (χ1v) is 10.4. The van der Waals surface area contributed by atoms with E-state index in [0.29, 0.717) is 29.3 Å². The Morgan fingerprint density at radius 1 is 1.00 bits per heavy atom. The fourth-order valence-corrected chi connectivity index (χ4v) is 4.56. The number of ketones is 1. The monoisotopic (exact) mass is 406 g/mol. The van der Waals surface area contributed by atoms with Gasteiger partial charge in [-0.3, -0.25) is 9.59 Å². The van der Waals surface area contributed by atoms with Gasteiger partial charge in [0, 0.05) is 36.8 Å². The smallest absolute Gasteiger partial charge is 0.221 e. The molecule has 1 N–H and O–H groups in total. The van der Waals surface area contributed by atoms with E-state index < -0.39 is 0 Å². The van der Waals surface area contributed by atoms with Gasteiger partial charge in [-0.15, -0.1) is 11.3 Å². The Morgan fingerprint density at radius 2 is 1.69 bits per heavy atom. The van der Waals surface area contributed by atoms with Crippen LogP contribution < -0.4 is 10.2 Å². The van der Waals surface area contributed by atoms with E-state index in [2.05, 4.69) is 22.3 Å². The third-order valence-electron chi connectivity index (χ3n) is 4.79. The molecule has 1 fully saturated rings. The molecule has 0 bridgehead atoms. The van der Waals surface area contributed by atoms with Gasteiger partial charge in [0.15, 0.2) is 0 Å². The normalized spacial score (nSPS) is 13.9. The minimum atomic E-state index is -0.134. The summed E-state index contributed by atoms with van der Waals surface area (Å²) in [4.78, 5) is 27.3. The molecule has 0 aliphatic carbocycles. The van der Waals surface area contributed by atoms with Crippen molar-refractivity contribution in [3.63, 3.8) is 0 Å². The molecule has 0 spiro atoms. The first-order chi connectivity index (χ1) is 14.1. The number of thiophene rings is 1. The van der Waals surface area contributed by atoms with Gasteiger partial charge in [0.05, 0.1) is 23.1 Å². The molecule has 1 aromatic heterocycles. The topological polar surface area (TPSA) is 58.6 Å². The zero-order valence-corrected chi connectivity index (χ0v) is 17.0. The average Bonchev–Trinajstić information content (AvgIpc) is 3.20. The molecule has 29 heavy (non-hydrogen) atoms. The number of nitrogens with zero attached hydrogens (tertiary/aromatic N) is 1. The van der Waals surface area contributed by atoms with E-state index in [-0.39, 0.29) is 11.7 Å². The van der Waals surface area contributed by atoms with Gasteiger partial charge in [0.2, 0.25) is 11.7 Å². The Morgan fingerprint density at radius 3 is 2.34 bits per heavy atom. The molecule has 1 aliphatic rings. The first kappa shape index (κ1) is 19.4. The Kier molecular flexibility index (Phi) is 5.74. The number of morpholine rings is 1. The van der Waals surface area contributed by atoms with Crippen LogP contribution in [-0.4, -0.2) is 38.0 Å². The van der Waals surface area contributed by atoms with Gasteiger partial charge in [-0.25, -0.2) is 0 Å². The van der Waals surface area contributed by atoms with Crippen molar-refractivity contribution < 1.29 is 14.3 Å². The highest BCUT2D eigenvalue weighted by Crippen LogP contribution is 2.40. The summed E-state index contributed by atoms with van der Waals surface area (Å²) in [5, 5.41) is 3.83. The minimum absolute atomic E-state index is 0.0129. The Balaban J connectivity index is 1.67. The molecule has 0 saturated carbocycles. The Hall–Kier alpha value is -2.96. The van der Waals surface area contributed by atoms with Crippen molar-refractivity contribution in [2.75, 3.05) is 36.5 Å². The molecular weight excluding hydrogens is 384 g/mol. The fourth-order valence-electron chi connectivity index (χ4n) is 3.37. The lowest BCUT2D eigenvalue weighted by atomic mass is 10.0. The van der Waals surface area contributed by atoms with Crippen molar-refractivity contribution in [2.24, 2.45) is 0 Å². The quantitative estimate of drug-likeness (QED) is 0.637. The maximum Gasteiger partial charge on any atom is 0.221 e. The van der Waals surface area contributed by atoms with Gasteiger partial charge in [-0.2, -0.15) is 0 Å². The molecule has 6 heteroatoms. The number of rotatable bonds is 5. The third kappa shape index (κ3) is 4.39. The van der Waals surface area contributed by atoms with Crippen molar-refractivity contribution in [3.8, 4) is 11.1 Å². The number of amides is 1. The van der Waals surface area contributed by atoms with Crippen molar-refractivity contribution in [1.82, 2.24) is 0 Å². The van der Waals surface area contributed by atoms with Crippen LogP contribution in [0.4, 0.5) is 10.7 Å². The second-order valence-electron chi connectivity index (χ2n) is 6.88. The summed E-state index contributed by atoms with van der Waals surface area (Å²) in [6.45, 7) is 4.49. The van der Waals surface area contributed by atoms with Crippen LogP contribution in [0.3, 0.4) is 0 Å². The zero-order valence-electron chi connectivity index (χ0n) is 16.2. The number of anilines is 2. The molecule has 1 amide bonds. The molecular formula is C23H22N2O3S. The molecule has 2 aromatic carbocycles. The number of carbonyl (C=O) groups is 2. The van der Waals surface area contributed by atoms with Crippen molar-refractivity contribution >= 4 is 33.7 Å². The number of hydrogen-bond donors (Lipinski definition) is 1. The van der Waals surface area contributed by atoms with Gasteiger partial charge < -0.3 is 15.0 Å². The van der Waals surface area contributed by atoms with Crippen LogP contribution in [0.1, 0.15) is 22.2 Å². The number of hydrogen-bond acceptors (Lipinski definition) is 5. The fraction of sp³-hybridized carbons (Fsp3) is 0.217. The lowest BCUT2D eigenvalue weighted by Gasteiger charge is -2.28. The van der Waals surface area contributed by atoms with Crippen LogP contribution in [0.15, 0.2) is 60.7 Å². The highest BCUT2D eigenvalue weighted by atomic mass is 32.1. The number of carbonyl (C=O) groups excluding carboxylic acids is 2. The number of ether oxygens (including phenoxy) is 1. The van der Waals surface area contributed by atoms with Crippen LogP contribution >= 0.6 is 11.3 Å². The Labute approximate surface area is 173 Å². The first-order valence-electron chi connectivity index (χ1n) is 9.56. The summed E-state index contributed by atoms with van der Waals surface area (Å²) >= 11 is 1.53. The van der Waals surface area contributed by atoms with Gasteiger partial charge in [-0.05, 0) is 35.9 Å². The van der Waals surface area contributed by atoms with Crippen molar-refractivity contribution in [2.45, 2.75) is 6.92 Å². The molecule has 1 aliphatic heterocycles. The van der Waals surface area contributed by atoms with Gasteiger partial charge in [0.25, 0.3) is 0 Å². The van der Waals surface area contributed by atoms with Gasteiger partial charge >= 0.3 is 0 Å². The molecule has 4 rings (SSSR count). The lowest BCUT2D eigenvalue weighted by Crippen LogP contribution is -2.35. The van der Waals surface area contributed by atoms with E-state index in [1.165, 1.54) is 18.3 Å². The van der Waals surface area contributed by atoms with Crippen molar-refractivity contribution in [1.29, 1.82) is 0 Å². The average molecular weight is 407 g/mol. The van der Waals surface area contributed by atoms with E-state index in [4.69, 9.17) is 4.74 Å². The van der Waals surface area contributed by atoms with Gasteiger partial charge in [-0.1, -0.05) is 30.3 Å². The second-order valence-corrected chi connectivity index (χ2v) is 7.91. The minimum Gasteiger partial charge on any atom is -0.378 e. The molecule has 0 unspecified atom stereocenters. The highest BCUT2D eigenvalue weighted by Gasteiger charge is 2.22. The molecule has 0 atom stereocenters. The Bertz CT molecular complexity index is 1010. The molecule has 3 aromatic rings. The van der Waals surface area contributed by atoms with E-state index in [1.807, 2.05) is 24.3 Å². The summed E-state index contributed by atoms with van der Waals surface area (Å²) < 4.78 is 5.50. The zero-order chi connectivity index (χ0) is 20.2. The second kappa shape index (κ2) is 8.59. The molecule has 1 saturated heterocycles. The molecule has 0 radical (unpaired) electrons. The van der Waals surface area contributed by atoms with Gasteiger partial charge in [0.1, 0.15) is 0 Å². The predicted octanol–water partition coefficient (Wildman–Crippen LogP) is 4.44. The summed E-state index contributed by atoms with van der Waals surface area (Å²) in [6.07, 6.45) is 0. The van der Waals surface area contributed by atoms with Crippen LogP contribution in [-0.2, 0) is 9.53 Å². The molecule has 148 valence electrons. The third-order valence-corrected chi connectivity index (χ3v) is 5.98. The molecule has 5 nitrogen and oxygen atoms in total. The maximum atomic E-state index is 13.1.